The largest absolute Gasteiger partial charge is 0.303 e. The van der Waals surface area contributed by atoms with Gasteiger partial charge in [-0.05, 0) is 31.0 Å². The van der Waals surface area contributed by atoms with Crippen molar-refractivity contribution in [2.45, 2.75) is 19.4 Å². The summed E-state index contributed by atoms with van der Waals surface area (Å²) in [7, 11) is 0. The number of likely N-dealkylation sites (tertiary alicyclic amines) is 1. The Morgan fingerprint density at radius 1 is 1.32 bits per heavy atom. The maximum Gasteiger partial charge on any atom is 0.124 e. The first-order valence-electron chi connectivity index (χ1n) is 6.87. The topological polar surface area (TPSA) is 33.2 Å². The summed E-state index contributed by atoms with van der Waals surface area (Å²) < 4.78 is 0. The molecular formula is C16H18N2O. The van der Waals surface area contributed by atoms with Gasteiger partial charge in [0.15, 0.2) is 0 Å². The molecule has 1 saturated heterocycles. The molecule has 19 heavy (non-hydrogen) atoms. The standard InChI is InChI=1S/C16H18N2O/c19-12-13-4-3-9-18(10-13)11-15-6-1-5-14-7-2-8-17-16(14)15/h1-2,5-8,12-13H,3-4,9-11H2. The Labute approximate surface area is 113 Å². The van der Waals surface area contributed by atoms with Gasteiger partial charge in [0.1, 0.15) is 6.29 Å². The third kappa shape index (κ3) is 2.66. The van der Waals surface area contributed by atoms with Crippen LogP contribution in [0, 0.1) is 5.92 Å². The number of pyridine rings is 1. The lowest BCUT2D eigenvalue weighted by molar-refractivity contribution is -0.112. The number of hydrogen-bond donors (Lipinski definition) is 0. The lowest BCUT2D eigenvalue weighted by atomic mass is 9.99. The van der Waals surface area contributed by atoms with E-state index in [1.807, 2.05) is 12.3 Å². The molecule has 0 saturated carbocycles. The van der Waals surface area contributed by atoms with Crippen LogP contribution >= 0.6 is 0 Å². The Morgan fingerprint density at radius 2 is 2.21 bits per heavy atom. The maximum atomic E-state index is 10.9. The molecule has 3 heteroatoms. The second-order valence-electron chi connectivity index (χ2n) is 5.27. The molecule has 0 N–H and O–H groups in total. The zero-order chi connectivity index (χ0) is 13.1. The van der Waals surface area contributed by atoms with Crippen LogP contribution in [0.5, 0.6) is 0 Å². The highest BCUT2D eigenvalue weighted by atomic mass is 16.1. The number of carbonyl (C=O) groups excluding carboxylic acids is 1. The van der Waals surface area contributed by atoms with Gasteiger partial charge in [-0.1, -0.05) is 24.3 Å². The molecule has 1 fully saturated rings. The first kappa shape index (κ1) is 12.3. The molecule has 0 radical (unpaired) electrons. The van der Waals surface area contributed by atoms with Crippen molar-refractivity contribution in [2.24, 2.45) is 5.92 Å². The van der Waals surface area contributed by atoms with E-state index in [-0.39, 0.29) is 5.92 Å². The highest BCUT2D eigenvalue weighted by Crippen LogP contribution is 2.21. The number of para-hydroxylation sites is 1. The summed E-state index contributed by atoms with van der Waals surface area (Å²) in [6.45, 7) is 2.85. The number of aromatic nitrogens is 1. The summed E-state index contributed by atoms with van der Waals surface area (Å²) in [6, 6.07) is 10.4. The quantitative estimate of drug-likeness (QED) is 0.789. The minimum absolute atomic E-state index is 0.205. The van der Waals surface area contributed by atoms with Gasteiger partial charge >= 0.3 is 0 Å². The van der Waals surface area contributed by atoms with E-state index in [1.54, 1.807) is 0 Å². The van der Waals surface area contributed by atoms with Crippen LogP contribution in [0.25, 0.3) is 10.9 Å². The molecule has 0 spiro atoms. The normalized spacial score (nSPS) is 20.5. The summed E-state index contributed by atoms with van der Waals surface area (Å²) in [6.07, 6.45) is 5.10. The van der Waals surface area contributed by atoms with E-state index in [0.717, 1.165) is 44.3 Å². The SMILES string of the molecule is O=CC1CCCN(Cc2cccc3cccnc23)C1. The average molecular weight is 254 g/mol. The van der Waals surface area contributed by atoms with Crippen molar-refractivity contribution in [1.29, 1.82) is 0 Å². The van der Waals surface area contributed by atoms with Gasteiger partial charge in [-0.3, -0.25) is 9.88 Å². The van der Waals surface area contributed by atoms with E-state index in [2.05, 4.69) is 34.1 Å². The van der Waals surface area contributed by atoms with E-state index in [4.69, 9.17) is 0 Å². The summed E-state index contributed by atoms with van der Waals surface area (Å²) >= 11 is 0. The highest BCUT2D eigenvalue weighted by molar-refractivity contribution is 5.81. The van der Waals surface area contributed by atoms with E-state index in [9.17, 15) is 4.79 Å². The lowest BCUT2D eigenvalue weighted by Gasteiger charge is -2.30. The molecule has 3 nitrogen and oxygen atoms in total. The van der Waals surface area contributed by atoms with Crippen molar-refractivity contribution in [3.63, 3.8) is 0 Å². The van der Waals surface area contributed by atoms with Gasteiger partial charge in [0, 0.05) is 30.6 Å². The first-order chi connectivity index (χ1) is 9.36. The minimum Gasteiger partial charge on any atom is -0.303 e. The van der Waals surface area contributed by atoms with E-state index >= 15 is 0 Å². The van der Waals surface area contributed by atoms with E-state index < -0.39 is 0 Å². The van der Waals surface area contributed by atoms with Crippen LogP contribution < -0.4 is 0 Å². The minimum atomic E-state index is 0.205. The zero-order valence-corrected chi connectivity index (χ0v) is 11.0. The molecular weight excluding hydrogens is 236 g/mol. The average Bonchev–Trinajstić information content (AvgIpc) is 2.48. The Morgan fingerprint density at radius 3 is 3.11 bits per heavy atom. The van der Waals surface area contributed by atoms with Crippen LogP contribution in [0.15, 0.2) is 36.5 Å². The molecule has 98 valence electrons. The van der Waals surface area contributed by atoms with Gasteiger partial charge in [0.05, 0.1) is 5.52 Å². The Balaban J connectivity index is 1.83. The van der Waals surface area contributed by atoms with Crippen LogP contribution in [-0.4, -0.2) is 29.3 Å². The molecule has 1 aliphatic rings. The van der Waals surface area contributed by atoms with Crippen LogP contribution in [0.1, 0.15) is 18.4 Å². The number of fused-ring (bicyclic) bond motifs is 1. The predicted octanol–water partition coefficient (Wildman–Crippen LogP) is 2.65. The van der Waals surface area contributed by atoms with Crippen LogP contribution in [0.4, 0.5) is 0 Å². The number of benzene rings is 1. The van der Waals surface area contributed by atoms with Gasteiger partial charge in [-0.25, -0.2) is 0 Å². The maximum absolute atomic E-state index is 10.9. The summed E-state index contributed by atoms with van der Waals surface area (Å²) in [5.74, 6) is 0.205. The van der Waals surface area contributed by atoms with Crippen molar-refractivity contribution in [2.75, 3.05) is 13.1 Å². The molecule has 1 aromatic heterocycles. The van der Waals surface area contributed by atoms with Crippen molar-refractivity contribution in [3.05, 3.63) is 42.1 Å². The molecule has 1 atom stereocenters. The van der Waals surface area contributed by atoms with Crippen molar-refractivity contribution < 1.29 is 4.79 Å². The second-order valence-corrected chi connectivity index (χ2v) is 5.27. The number of rotatable bonds is 3. The van der Waals surface area contributed by atoms with Crippen molar-refractivity contribution >= 4 is 17.2 Å². The van der Waals surface area contributed by atoms with Crippen LogP contribution in [0.2, 0.25) is 0 Å². The molecule has 2 aromatic rings. The van der Waals surface area contributed by atoms with Gasteiger partial charge < -0.3 is 4.79 Å². The first-order valence-corrected chi connectivity index (χ1v) is 6.87. The molecule has 0 bridgehead atoms. The summed E-state index contributed by atoms with van der Waals surface area (Å²) in [5, 5.41) is 1.18. The molecule has 0 amide bonds. The zero-order valence-electron chi connectivity index (χ0n) is 11.0. The van der Waals surface area contributed by atoms with Gasteiger partial charge in [0.25, 0.3) is 0 Å². The molecule has 0 aliphatic carbocycles. The van der Waals surface area contributed by atoms with Crippen LogP contribution in [-0.2, 0) is 11.3 Å². The van der Waals surface area contributed by atoms with Gasteiger partial charge in [0.2, 0.25) is 0 Å². The summed E-state index contributed by atoms with van der Waals surface area (Å²) in [4.78, 5) is 17.8. The molecule has 3 rings (SSSR count). The summed E-state index contributed by atoms with van der Waals surface area (Å²) in [5.41, 5.74) is 2.34. The van der Waals surface area contributed by atoms with Gasteiger partial charge in [-0.2, -0.15) is 0 Å². The monoisotopic (exact) mass is 254 g/mol. The van der Waals surface area contributed by atoms with Crippen molar-refractivity contribution in [3.8, 4) is 0 Å². The number of piperidine rings is 1. The Hall–Kier alpha value is -1.74. The van der Waals surface area contributed by atoms with Crippen LogP contribution in [0.3, 0.4) is 0 Å². The molecule has 1 aromatic carbocycles. The molecule has 1 unspecified atom stereocenters. The molecule has 1 aliphatic heterocycles. The third-order valence-corrected chi connectivity index (χ3v) is 3.84. The second kappa shape index (κ2) is 5.49. The van der Waals surface area contributed by atoms with Crippen molar-refractivity contribution in [1.82, 2.24) is 9.88 Å². The number of nitrogens with zero attached hydrogens (tertiary/aromatic N) is 2. The Kier molecular flexibility index (Phi) is 3.56. The molecule has 2 heterocycles. The predicted molar refractivity (Wildman–Crippen MR) is 75.8 cm³/mol. The fourth-order valence-corrected chi connectivity index (χ4v) is 2.88. The number of hydrogen-bond acceptors (Lipinski definition) is 3. The number of carbonyl (C=O) groups is 1. The van der Waals surface area contributed by atoms with E-state index in [1.165, 1.54) is 10.9 Å². The lowest BCUT2D eigenvalue weighted by Crippen LogP contribution is -2.35. The fourth-order valence-electron chi connectivity index (χ4n) is 2.88. The van der Waals surface area contributed by atoms with Gasteiger partial charge in [-0.15, -0.1) is 0 Å². The fraction of sp³-hybridized carbons (Fsp3) is 0.375. The van der Waals surface area contributed by atoms with E-state index in [0.29, 0.717) is 0 Å². The Bertz CT molecular complexity index is 576. The highest BCUT2D eigenvalue weighted by Gasteiger charge is 2.19. The number of aldehydes is 1. The smallest absolute Gasteiger partial charge is 0.124 e. The third-order valence-electron chi connectivity index (χ3n) is 3.84.